The lowest BCUT2D eigenvalue weighted by atomic mass is 9.86. The topological polar surface area (TPSA) is 18.5 Å². The Morgan fingerprint density at radius 1 is 1.12 bits per heavy atom. The standard InChI is InChI=1S/C13H27N3/c1-13(2)6-5-11(12(13)14-3)16-9-7-15(4)8-10-16/h11-12,14H,5-10H2,1-4H3. The van der Waals surface area contributed by atoms with Gasteiger partial charge in [0, 0.05) is 38.3 Å². The maximum atomic E-state index is 3.56. The number of hydrogen-bond donors (Lipinski definition) is 1. The summed E-state index contributed by atoms with van der Waals surface area (Å²) in [5.41, 5.74) is 0.461. The fourth-order valence-corrected chi connectivity index (χ4v) is 3.49. The minimum absolute atomic E-state index is 0.461. The molecule has 1 aliphatic heterocycles. The molecule has 0 amide bonds. The highest BCUT2D eigenvalue weighted by molar-refractivity contribution is 5.01. The lowest BCUT2D eigenvalue weighted by Gasteiger charge is -2.41. The number of rotatable bonds is 2. The number of nitrogens with zero attached hydrogens (tertiary/aromatic N) is 2. The molecule has 2 fully saturated rings. The predicted octanol–water partition coefficient (Wildman–Crippen LogP) is 1.01. The Bertz CT molecular complexity index is 231. The van der Waals surface area contributed by atoms with Crippen LogP contribution in [0.2, 0.25) is 0 Å². The summed E-state index contributed by atoms with van der Waals surface area (Å²) < 4.78 is 0. The van der Waals surface area contributed by atoms with E-state index in [-0.39, 0.29) is 0 Å². The summed E-state index contributed by atoms with van der Waals surface area (Å²) in [6.45, 7) is 9.76. The molecule has 94 valence electrons. The average Bonchev–Trinajstić information content (AvgIpc) is 2.54. The molecule has 1 N–H and O–H groups in total. The molecule has 1 heterocycles. The van der Waals surface area contributed by atoms with Crippen molar-refractivity contribution in [1.82, 2.24) is 15.1 Å². The first-order valence-electron chi connectivity index (χ1n) is 6.64. The number of piperazine rings is 1. The van der Waals surface area contributed by atoms with Gasteiger partial charge in [0.15, 0.2) is 0 Å². The molecule has 2 aliphatic rings. The summed E-state index contributed by atoms with van der Waals surface area (Å²) >= 11 is 0. The highest BCUT2D eigenvalue weighted by Gasteiger charge is 2.43. The first-order chi connectivity index (χ1) is 7.54. The number of nitrogens with one attached hydrogen (secondary N) is 1. The summed E-state index contributed by atoms with van der Waals surface area (Å²) in [7, 11) is 4.35. The maximum absolute atomic E-state index is 3.56. The van der Waals surface area contributed by atoms with Gasteiger partial charge in [-0.05, 0) is 32.4 Å². The average molecular weight is 225 g/mol. The van der Waals surface area contributed by atoms with Crippen LogP contribution in [0.3, 0.4) is 0 Å². The summed E-state index contributed by atoms with van der Waals surface area (Å²) in [5.74, 6) is 0. The van der Waals surface area contributed by atoms with Gasteiger partial charge >= 0.3 is 0 Å². The van der Waals surface area contributed by atoms with Crippen molar-refractivity contribution in [2.45, 2.75) is 38.8 Å². The van der Waals surface area contributed by atoms with Crippen LogP contribution in [-0.2, 0) is 0 Å². The van der Waals surface area contributed by atoms with E-state index in [1.807, 2.05) is 0 Å². The fourth-order valence-electron chi connectivity index (χ4n) is 3.49. The van der Waals surface area contributed by atoms with E-state index in [2.05, 4.69) is 43.1 Å². The molecule has 0 spiro atoms. The van der Waals surface area contributed by atoms with Gasteiger partial charge in [-0.15, -0.1) is 0 Å². The van der Waals surface area contributed by atoms with Crippen LogP contribution >= 0.6 is 0 Å². The third-order valence-corrected chi connectivity index (χ3v) is 4.63. The fraction of sp³-hybridized carbons (Fsp3) is 1.00. The summed E-state index contributed by atoms with van der Waals surface area (Å²) in [6.07, 6.45) is 2.72. The molecule has 2 rings (SSSR count). The van der Waals surface area contributed by atoms with Gasteiger partial charge in [0.2, 0.25) is 0 Å². The molecule has 1 saturated heterocycles. The van der Waals surface area contributed by atoms with Gasteiger partial charge in [0.25, 0.3) is 0 Å². The number of likely N-dealkylation sites (N-methyl/N-ethyl adjacent to an activating group) is 2. The molecule has 0 bridgehead atoms. The first kappa shape index (κ1) is 12.3. The van der Waals surface area contributed by atoms with Crippen LogP contribution in [-0.4, -0.2) is 62.2 Å². The van der Waals surface area contributed by atoms with Gasteiger partial charge in [0.1, 0.15) is 0 Å². The van der Waals surface area contributed by atoms with Crippen LogP contribution < -0.4 is 5.32 Å². The van der Waals surface area contributed by atoms with Crippen LogP contribution in [0, 0.1) is 5.41 Å². The van der Waals surface area contributed by atoms with E-state index in [1.165, 1.54) is 39.0 Å². The molecule has 0 aromatic rings. The van der Waals surface area contributed by atoms with Gasteiger partial charge in [-0.3, -0.25) is 4.90 Å². The molecule has 16 heavy (non-hydrogen) atoms. The molecule has 1 saturated carbocycles. The van der Waals surface area contributed by atoms with Crippen LogP contribution in [0.4, 0.5) is 0 Å². The highest BCUT2D eigenvalue weighted by Crippen LogP contribution is 2.39. The SMILES string of the molecule is CNC1C(N2CCN(C)CC2)CCC1(C)C. The Kier molecular flexibility index (Phi) is 3.57. The van der Waals surface area contributed by atoms with E-state index in [0.29, 0.717) is 11.5 Å². The Morgan fingerprint density at radius 2 is 1.75 bits per heavy atom. The van der Waals surface area contributed by atoms with E-state index in [4.69, 9.17) is 0 Å². The van der Waals surface area contributed by atoms with Gasteiger partial charge in [-0.2, -0.15) is 0 Å². The van der Waals surface area contributed by atoms with Gasteiger partial charge in [0.05, 0.1) is 0 Å². The highest BCUT2D eigenvalue weighted by atomic mass is 15.3. The Labute approximate surface area is 100 Å². The number of hydrogen-bond acceptors (Lipinski definition) is 3. The van der Waals surface area contributed by atoms with Crippen molar-refractivity contribution in [2.24, 2.45) is 5.41 Å². The lowest BCUT2D eigenvalue weighted by molar-refractivity contribution is 0.0898. The van der Waals surface area contributed by atoms with Crippen LogP contribution in [0.15, 0.2) is 0 Å². The molecule has 0 aromatic heterocycles. The monoisotopic (exact) mass is 225 g/mol. The second-order valence-electron chi connectivity index (χ2n) is 6.20. The van der Waals surface area contributed by atoms with Crippen molar-refractivity contribution >= 4 is 0 Å². The van der Waals surface area contributed by atoms with Crippen molar-refractivity contribution < 1.29 is 0 Å². The van der Waals surface area contributed by atoms with Crippen molar-refractivity contribution in [3.8, 4) is 0 Å². The zero-order valence-electron chi connectivity index (χ0n) is 11.3. The van der Waals surface area contributed by atoms with Crippen molar-refractivity contribution in [2.75, 3.05) is 40.3 Å². The molecule has 1 aliphatic carbocycles. The van der Waals surface area contributed by atoms with Crippen LogP contribution in [0.1, 0.15) is 26.7 Å². The molecule has 2 atom stereocenters. The maximum Gasteiger partial charge on any atom is 0.0271 e. The van der Waals surface area contributed by atoms with E-state index in [9.17, 15) is 0 Å². The molecule has 0 aromatic carbocycles. The Hall–Kier alpha value is -0.120. The Balaban J connectivity index is 1.99. The second kappa shape index (κ2) is 4.63. The summed E-state index contributed by atoms with van der Waals surface area (Å²) in [6, 6.07) is 1.42. The van der Waals surface area contributed by atoms with Crippen LogP contribution in [0.5, 0.6) is 0 Å². The van der Waals surface area contributed by atoms with E-state index >= 15 is 0 Å². The van der Waals surface area contributed by atoms with Gasteiger partial charge < -0.3 is 10.2 Å². The van der Waals surface area contributed by atoms with Gasteiger partial charge in [-0.1, -0.05) is 13.8 Å². The van der Waals surface area contributed by atoms with Crippen LogP contribution in [0.25, 0.3) is 0 Å². The molecule has 2 unspecified atom stereocenters. The molecular formula is C13H27N3. The smallest absolute Gasteiger partial charge is 0.0271 e. The third kappa shape index (κ3) is 2.27. The Morgan fingerprint density at radius 3 is 2.31 bits per heavy atom. The second-order valence-corrected chi connectivity index (χ2v) is 6.20. The predicted molar refractivity (Wildman–Crippen MR) is 68.7 cm³/mol. The first-order valence-corrected chi connectivity index (χ1v) is 6.64. The normalized spacial score (nSPS) is 36.8. The summed E-state index contributed by atoms with van der Waals surface area (Å²) in [4.78, 5) is 5.14. The van der Waals surface area contributed by atoms with Gasteiger partial charge in [-0.25, -0.2) is 0 Å². The summed E-state index contributed by atoms with van der Waals surface area (Å²) in [5, 5.41) is 3.56. The molecular weight excluding hydrogens is 198 g/mol. The third-order valence-electron chi connectivity index (χ3n) is 4.63. The minimum Gasteiger partial charge on any atom is -0.315 e. The minimum atomic E-state index is 0.461. The molecule has 3 nitrogen and oxygen atoms in total. The lowest BCUT2D eigenvalue weighted by Crippen LogP contribution is -2.55. The quantitative estimate of drug-likeness (QED) is 0.757. The zero-order chi connectivity index (χ0) is 11.8. The molecule has 3 heteroatoms. The van der Waals surface area contributed by atoms with Crippen molar-refractivity contribution in [3.05, 3.63) is 0 Å². The van der Waals surface area contributed by atoms with E-state index in [1.54, 1.807) is 0 Å². The zero-order valence-corrected chi connectivity index (χ0v) is 11.3. The van der Waals surface area contributed by atoms with E-state index < -0.39 is 0 Å². The van der Waals surface area contributed by atoms with Crippen molar-refractivity contribution in [1.29, 1.82) is 0 Å². The largest absolute Gasteiger partial charge is 0.315 e. The van der Waals surface area contributed by atoms with Crippen molar-refractivity contribution in [3.63, 3.8) is 0 Å². The molecule has 0 radical (unpaired) electrons. The van der Waals surface area contributed by atoms with E-state index in [0.717, 1.165) is 6.04 Å².